The van der Waals surface area contributed by atoms with Gasteiger partial charge in [0.05, 0.1) is 18.4 Å². The summed E-state index contributed by atoms with van der Waals surface area (Å²) in [4.78, 5) is 16.9. The number of ether oxygens (including phenoxy) is 1. The van der Waals surface area contributed by atoms with Crippen LogP contribution in [-0.4, -0.2) is 18.0 Å². The normalized spacial score (nSPS) is 10.4. The highest BCUT2D eigenvalue weighted by atomic mass is 16.5. The molecule has 27 heavy (non-hydrogen) atoms. The van der Waals surface area contributed by atoms with Crippen LogP contribution in [0, 0.1) is 20.8 Å². The number of anilines is 3. The summed E-state index contributed by atoms with van der Waals surface area (Å²) in [6.45, 7) is 6.07. The fraction of sp³-hybridized carbons (Fsp3) is 0.182. The average molecular weight is 361 g/mol. The molecule has 0 saturated heterocycles. The van der Waals surface area contributed by atoms with Gasteiger partial charge < -0.3 is 15.4 Å². The lowest BCUT2D eigenvalue weighted by molar-refractivity contribution is 0.102. The van der Waals surface area contributed by atoms with E-state index < -0.39 is 0 Å². The Labute approximate surface area is 159 Å². The fourth-order valence-electron chi connectivity index (χ4n) is 2.81. The number of hydrogen-bond donors (Lipinski definition) is 2. The van der Waals surface area contributed by atoms with E-state index in [0.717, 1.165) is 16.8 Å². The van der Waals surface area contributed by atoms with Crippen molar-refractivity contribution in [3.05, 3.63) is 77.0 Å². The molecule has 2 aromatic carbocycles. The summed E-state index contributed by atoms with van der Waals surface area (Å²) in [6.07, 6.45) is 1.56. The Bertz CT molecular complexity index is 966. The van der Waals surface area contributed by atoms with Gasteiger partial charge in [0.25, 0.3) is 5.91 Å². The van der Waals surface area contributed by atoms with Gasteiger partial charge in [-0.2, -0.15) is 0 Å². The maximum Gasteiger partial charge on any atom is 0.257 e. The number of hydrogen-bond acceptors (Lipinski definition) is 4. The molecule has 0 spiro atoms. The van der Waals surface area contributed by atoms with Crippen molar-refractivity contribution < 1.29 is 9.53 Å². The minimum absolute atomic E-state index is 0.232. The van der Waals surface area contributed by atoms with Gasteiger partial charge in [-0.05, 0) is 62.2 Å². The van der Waals surface area contributed by atoms with E-state index >= 15 is 0 Å². The molecule has 1 aromatic heterocycles. The molecule has 138 valence electrons. The summed E-state index contributed by atoms with van der Waals surface area (Å²) in [5.41, 5.74) is 5.51. The summed E-state index contributed by atoms with van der Waals surface area (Å²) >= 11 is 0. The van der Waals surface area contributed by atoms with Crippen LogP contribution in [0.3, 0.4) is 0 Å². The largest absolute Gasteiger partial charge is 0.495 e. The van der Waals surface area contributed by atoms with Crippen LogP contribution >= 0.6 is 0 Å². The van der Waals surface area contributed by atoms with Gasteiger partial charge in [-0.3, -0.25) is 4.79 Å². The zero-order chi connectivity index (χ0) is 19.4. The molecule has 0 radical (unpaired) electrons. The first-order valence-corrected chi connectivity index (χ1v) is 8.72. The van der Waals surface area contributed by atoms with Crippen molar-refractivity contribution in [1.29, 1.82) is 0 Å². The molecule has 0 unspecified atom stereocenters. The van der Waals surface area contributed by atoms with Crippen LogP contribution in [0.1, 0.15) is 27.0 Å². The topological polar surface area (TPSA) is 63.2 Å². The summed E-state index contributed by atoms with van der Waals surface area (Å²) in [7, 11) is 1.58. The van der Waals surface area contributed by atoms with Crippen LogP contribution < -0.4 is 15.4 Å². The van der Waals surface area contributed by atoms with Crippen LogP contribution in [-0.2, 0) is 0 Å². The minimum atomic E-state index is -0.232. The molecule has 0 saturated carbocycles. The summed E-state index contributed by atoms with van der Waals surface area (Å²) < 4.78 is 5.30. The summed E-state index contributed by atoms with van der Waals surface area (Å²) in [5, 5.41) is 6.16. The number of rotatable bonds is 5. The maximum absolute atomic E-state index is 12.5. The SMILES string of the molecule is COc1ccc(C)cc1NC(=O)c1ccc(Nc2ccc(C)cc2C)nc1. The molecule has 0 aliphatic rings. The predicted molar refractivity (Wildman–Crippen MR) is 109 cm³/mol. The molecule has 2 N–H and O–H groups in total. The van der Waals surface area contributed by atoms with Gasteiger partial charge in [-0.25, -0.2) is 4.98 Å². The lowest BCUT2D eigenvalue weighted by Gasteiger charge is -2.12. The van der Waals surface area contributed by atoms with E-state index in [-0.39, 0.29) is 5.91 Å². The molecule has 0 aliphatic heterocycles. The molecule has 0 fully saturated rings. The van der Waals surface area contributed by atoms with Gasteiger partial charge in [-0.1, -0.05) is 23.8 Å². The number of nitrogens with one attached hydrogen (secondary N) is 2. The first kappa shape index (κ1) is 18.5. The van der Waals surface area contributed by atoms with Crippen LogP contribution in [0.25, 0.3) is 0 Å². The number of aromatic nitrogens is 1. The minimum Gasteiger partial charge on any atom is -0.495 e. The molecule has 0 aliphatic carbocycles. The number of benzene rings is 2. The zero-order valence-electron chi connectivity index (χ0n) is 16.0. The Morgan fingerprint density at radius 3 is 2.33 bits per heavy atom. The molecule has 1 heterocycles. The lowest BCUT2D eigenvalue weighted by atomic mass is 10.1. The molecule has 0 bridgehead atoms. The Morgan fingerprint density at radius 2 is 1.67 bits per heavy atom. The highest BCUT2D eigenvalue weighted by Gasteiger charge is 2.11. The monoisotopic (exact) mass is 361 g/mol. The predicted octanol–water partition coefficient (Wildman–Crippen LogP) is 5.01. The second kappa shape index (κ2) is 7.91. The first-order chi connectivity index (χ1) is 13.0. The van der Waals surface area contributed by atoms with E-state index in [0.29, 0.717) is 22.8 Å². The van der Waals surface area contributed by atoms with E-state index in [1.807, 2.05) is 44.2 Å². The number of amides is 1. The highest BCUT2D eigenvalue weighted by Crippen LogP contribution is 2.26. The summed E-state index contributed by atoms with van der Waals surface area (Å²) in [5.74, 6) is 1.08. The van der Waals surface area contributed by atoms with Crippen molar-refractivity contribution in [3.8, 4) is 5.75 Å². The smallest absolute Gasteiger partial charge is 0.257 e. The summed E-state index contributed by atoms with van der Waals surface area (Å²) in [6, 6.07) is 15.4. The van der Waals surface area contributed by atoms with Gasteiger partial charge in [-0.15, -0.1) is 0 Å². The highest BCUT2D eigenvalue weighted by molar-refractivity contribution is 6.05. The molecule has 3 rings (SSSR count). The third-order valence-corrected chi connectivity index (χ3v) is 4.27. The van der Waals surface area contributed by atoms with E-state index in [1.54, 1.807) is 25.4 Å². The van der Waals surface area contributed by atoms with Gasteiger partial charge in [0, 0.05) is 11.9 Å². The molecule has 5 heteroatoms. The second-order valence-electron chi connectivity index (χ2n) is 6.53. The quantitative estimate of drug-likeness (QED) is 0.670. The molecular formula is C22H23N3O2. The van der Waals surface area contributed by atoms with Gasteiger partial charge >= 0.3 is 0 Å². The Balaban J connectivity index is 1.73. The Kier molecular flexibility index (Phi) is 5.41. The standard InChI is InChI=1S/C22H23N3O2/c1-14-5-8-18(16(3)11-14)24-21-10-7-17(13-23-21)22(26)25-19-12-15(2)6-9-20(19)27-4/h5-13H,1-4H3,(H,23,24)(H,25,26). The number of aryl methyl sites for hydroxylation is 3. The van der Waals surface area contributed by atoms with Crippen molar-refractivity contribution in [2.75, 3.05) is 17.7 Å². The van der Waals surface area contributed by atoms with E-state index in [1.165, 1.54) is 5.56 Å². The van der Waals surface area contributed by atoms with E-state index in [9.17, 15) is 4.79 Å². The van der Waals surface area contributed by atoms with Crippen LogP contribution in [0.4, 0.5) is 17.2 Å². The number of nitrogens with zero attached hydrogens (tertiary/aromatic N) is 1. The molecular weight excluding hydrogens is 338 g/mol. The van der Waals surface area contributed by atoms with Crippen LogP contribution in [0.15, 0.2) is 54.7 Å². The molecule has 3 aromatic rings. The number of carbonyl (C=O) groups excluding carboxylic acids is 1. The number of pyridine rings is 1. The Hall–Kier alpha value is -3.34. The lowest BCUT2D eigenvalue weighted by Crippen LogP contribution is -2.13. The van der Waals surface area contributed by atoms with Gasteiger partial charge in [0.15, 0.2) is 0 Å². The van der Waals surface area contributed by atoms with Gasteiger partial charge in [0.2, 0.25) is 0 Å². The van der Waals surface area contributed by atoms with Crippen LogP contribution in [0.2, 0.25) is 0 Å². The zero-order valence-corrected chi connectivity index (χ0v) is 16.0. The average Bonchev–Trinajstić information content (AvgIpc) is 2.65. The first-order valence-electron chi connectivity index (χ1n) is 8.72. The van der Waals surface area contributed by atoms with Gasteiger partial charge in [0.1, 0.15) is 11.6 Å². The van der Waals surface area contributed by atoms with Crippen molar-refractivity contribution in [1.82, 2.24) is 4.98 Å². The molecule has 1 amide bonds. The van der Waals surface area contributed by atoms with E-state index in [4.69, 9.17) is 4.74 Å². The van der Waals surface area contributed by atoms with Crippen molar-refractivity contribution in [3.63, 3.8) is 0 Å². The molecule has 0 atom stereocenters. The third kappa shape index (κ3) is 4.44. The maximum atomic E-state index is 12.5. The third-order valence-electron chi connectivity index (χ3n) is 4.27. The van der Waals surface area contributed by atoms with E-state index in [2.05, 4.69) is 28.6 Å². The number of methoxy groups -OCH3 is 1. The number of carbonyl (C=O) groups is 1. The van der Waals surface area contributed by atoms with Crippen molar-refractivity contribution in [2.45, 2.75) is 20.8 Å². The second-order valence-corrected chi connectivity index (χ2v) is 6.53. The molecule has 5 nitrogen and oxygen atoms in total. The van der Waals surface area contributed by atoms with Crippen molar-refractivity contribution >= 4 is 23.1 Å². The van der Waals surface area contributed by atoms with Crippen LogP contribution in [0.5, 0.6) is 5.75 Å². The van der Waals surface area contributed by atoms with Crippen molar-refractivity contribution in [2.24, 2.45) is 0 Å². The fourth-order valence-corrected chi connectivity index (χ4v) is 2.81. The Morgan fingerprint density at radius 1 is 0.926 bits per heavy atom.